The van der Waals surface area contributed by atoms with Crippen molar-refractivity contribution in [2.75, 3.05) is 0 Å². The van der Waals surface area contributed by atoms with Gasteiger partial charge in [-0.25, -0.2) is 0 Å². The van der Waals surface area contributed by atoms with Crippen molar-refractivity contribution in [3.63, 3.8) is 0 Å². The molecule has 0 aliphatic carbocycles. The summed E-state index contributed by atoms with van der Waals surface area (Å²) < 4.78 is 9.20. The number of carbonyl (C=O) groups is 4. The molecular weight excluding hydrogens is 300 g/mol. The fourth-order valence-corrected chi connectivity index (χ4v) is 3.24. The fourth-order valence-electron chi connectivity index (χ4n) is 3.24. The summed E-state index contributed by atoms with van der Waals surface area (Å²) in [6.07, 6.45) is 3.12. The Balaban J connectivity index is 2.17. The lowest BCUT2D eigenvalue weighted by Crippen LogP contribution is -2.18. The molecule has 3 unspecified atom stereocenters. The molecule has 6 heteroatoms. The van der Waals surface area contributed by atoms with Crippen molar-refractivity contribution in [1.82, 2.24) is 0 Å². The highest BCUT2D eigenvalue weighted by molar-refractivity contribution is 5.96. The van der Waals surface area contributed by atoms with E-state index >= 15 is 0 Å². The van der Waals surface area contributed by atoms with Crippen LogP contribution in [0.25, 0.3) is 0 Å². The van der Waals surface area contributed by atoms with Crippen LogP contribution in [0.1, 0.15) is 46.5 Å². The fraction of sp³-hybridized carbons (Fsp3) is 0.647. The molecule has 2 rings (SSSR count). The van der Waals surface area contributed by atoms with Gasteiger partial charge in [-0.15, -0.1) is 0 Å². The summed E-state index contributed by atoms with van der Waals surface area (Å²) >= 11 is 0. The molecule has 6 nitrogen and oxygen atoms in total. The average Bonchev–Trinajstić information content (AvgIpc) is 2.91. The van der Waals surface area contributed by atoms with E-state index in [-0.39, 0.29) is 18.8 Å². The molecule has 0 aromatic rings. The SMILES string of the molecule is CC(C)CC(C)C(=CCC1CC(=O)OC1=O)C1CC(=O)OC1=O. The lowest BCUT2D eigenvalue weighted by molar-refractivity contribution is -0.154. The quantitative estimate of drug-likeness (QED) is 0.423. The van der Waals surface area contributed by atoms with Crippen molar-refractivity contribution in [2.24, 2.45) is 23.7 Å². The molecule has 2 saturated heterocycles. The predicted octanol–water partition coefficient (Wildman–Crippen LogP) is 2.16. The Morgan fingerprint density at radius 1 is 1.04 bits per heavy atom. The molecule has 0 bridgehead atoms. The van der Waals surface area contributed by atoms with Crippen molar-refractivity contribution in [2.45, 2.75) is 46.5 Å². The molecule has 0 aromatic heterocycles. The Hall–Kier alpha value is -1.98. The summed E-state index contributed by atoms with van der Waals surface area (Å²) in [5.74, 6) is -2.64. The first-order valence-electron chi connectivity index (χ1n) is 7.97. The van der Waals surface area contributed by atoms with Crippen LogP contribution < -0.4 is 0 Å². The van der Waals surface area contributed by atoms with Crippen LogP contribution in [0.4, 0.5) is 0 Å². The van der Waals surface area contributed by atoms with Crippen LogP contribution in [0.2, 0.25) is 0 Å². The van der Waals surface area contributed by atoms with E-state index in [0.29, 0.717) is 12.3 Å². The van der Waals surface area contributed by atoms with Gasteiger partial charge in [0.2, 0.25) is 0 Å². The van der Waals surface area contributed by atoms with Gasteiger partial charge in [0.15, 0.2) is 0 Å². The van der Waals surface area contributed by atoms with E-state index in [9.17, 15) is 19.2 Å². The minimum Gasteiger partial charge on any atom is -0.393 e. The number of cyclic esters (lactones) is 4. The summed E-state index contributed by atoms with van der Waals surface area (Å²) in [6.45, 7) is 6.17. The van der Waals surface area contributed by atoms with Gasteiger partial charge in [0.05, 0.1) is 24.7 Å². The Morgan fingerprint density at radius 2 is 1.65 bits per heavy atom. The third-order valence-electron chi connectivity index (χ3n) is 4.26. The van der Waals surface area contributed by atoms with Crippen LogP contribution >= 0.6 is 0 Å². The minimum atomic E-state index is -0.579. The summed E-state index contributed by atoms with van der Waals surface area (Å²) in [5.41, 5.74) is 0.821. The van der Waals surface area contributed by atoms with Gasteiger partial charge in [-0.2, -0.15) is 0 Å². The van der Waals surface area contributed by atoms with Crippen LogP contribution in [0.5, 0.6) is 0 Å². The number of ether oxygens (including phenoxy) is 2. The van der Waals surface area contributed by atoms with Gasteiger partial charge in [-0.3, -0.25) is 19.2 Å². The number of allylic oxidation sites excluding steroid dienone is 1. The zero-order chi connectivity index (χ0) is 17.1. The molecule has 2 aliphatic heterocycles. The van der Waals surface area contributed by atoms with Crippen LogP contribution in [-0.2, 0) is 28.7 Å². The van der Waals surface area contributed by atoms with E-state index in [1.807, 2.05) is 13.0 Å². The molecule has 0 radical (unpaired) electrons. The molecule has 2 aliphatic rings. The maximum atomic E-state index is 11.9. The highest BCUT2D eigenvalue weighted by atomic mass is 16.6. The predicted molar refractivity (Wildman–Crippen MR) is 79.7 cm³/mol. The summed E-state index contributed by atoms with van der Waals surface area (Å²) in [4.78, 5) is 46.0. The van der Waals surface area contributed by atoms with E-state index in [1.165, 1.54) is 0 Å². The molecule has 3 atom stereocenters. The molecular formula is C17H22O6. The summed E-state index contributed by atoms with van der Waals surface area (Å²) in [6, 6.07) is 0. The Bertz CT molecular complexity index is 559. The van der Waals surface area contributed by atoms with Gasteiger partial charge in [0.25, 0.3) is 0 Å². The lowest BCUT2D eigenvalue weighted by Gasteiger charge is -2.21. The van der Waals surface area contributed by atoms with Crippen LogP contribution in [0, 0.1) is 23.7 Å². The standard InChI is InChI=1S/C17H22O6/c1-9(2)6-10(3)12(13-8-15(19)23-17(13)21)5-4-11-7-14(18)22-16(11)20/h5,9-11,13H,4,6-8H2,1-3H3. The number of rotatable bonds is 6. The normalized spacial score (nSPS) is 26.7. The molecule has 2 heterocycles. The summed E-state index contributed by atoms with van der Waals surface area (Å²) in [5, 5.41) is 0. The average molecular weight is 322 g/mol. The van der Waals surface area contributed by atoms with Gasteiger partial charge < -0.3 is 9.47 Å². The molecule has 0 spiro atoms. The van der Waals surface area contributed by atoms with Crippen molar-refractivity contribution in [3.05, 3.63) is 11.6 Å². The highest BCUT2D eigenvalue weighted by Crippen LogP contribution is 2.34. The Labute approximate surface area is 135 Å². The molecule has 0 saturated carbocycles. The summed E-state index contributed by atoms with van der Waals surface area (Å²) in [7, 11) is 0. The van der Waals surface area contributed by atoms with Crippen molar-refractivity contribution >= 4 is 23.9 Å². The maximum absolute atomic E-state index is 11.9. The first-order valence-corrected chi connectivity index (χ1v) is 7.97. The van der Waals surface area contributed by atoms with E-state index in [4.69, 9.17) is 0 Å². The second-order valence-electron chi connectivity index (χ2n) is 6.71. The smallest absolute Gasteiger partial charge is 0.321 e. The largest absolute Gasteiger partial charge is 0.393 e. The molecule has 0 aromatic carbocycles. The van der Waals surface area contributed by atoms with E-state index in [2.05, 4.69) is 23.3 Å². The van der Waals surface area contributed by atoms with Crippen LogP contribution in [-0.4, -0.2) is 23.9 Å². The van der Waals surface area contributed by atoms with Crippen LogP contribution in [0.3, 0.4) is 0 Å². The zero-order valence-corrected chi connectivity index (χ0v) is 13.7. The first-order chi connectivity index (χ1) is 10.8. The molecule has 23 heavy (non-hydrogen) atoms. The molecule has 2 fully saturated rings. The second kappa shape index (κ2) is 7.06. The van der Waals surface area contributed by atoms with Gasteiger partial charge in [0, 0.05) is 0 Å². The Morgan fingerprint density at radius 3 is 2.13 bits per heavy atom. The van der Waals surface area contributed by atoms with E-state index in [0.717, 1.165) is 12.0 Å². The molecule has 0 N–H and O–H groups in total. The van der Waals surface area contributed by atoms with E-state index < -0.39 is 35.7 Å². The number of carbonyl (C=O) groups excluding carboxylic acids is 4. The van der Waals surface area contributed by atoms with Crippen molar-refractivity contribution in [1.29, 1.82) is 0 Å². The molecule has 126 valence electrons. The third-order valence-corrected chi connectivity index (χ3v) is 4.26. The van der Waals surface area contributed by atoms with Gasteiger partial charge >= 0.3 is 23.9 Å². The van der Waals surface area contributed by atoms with Gasteiger partial charge in [0.1, 0.15) is 0 Å². The Kier molecular flexibility index (Phi) is 5.34. The number of hydrogen-bond donors (Lipinski definition) is 0. The van der Waals surface area contributed by atoms with E-state index in [1.54, 1.807) is 0 Å². The van der Waals surface area contributed by atoms with Crippen LogP contribution in [0.15, 0.2) is 11.6 Å². The number of hydrogen-bond acceptors (Lipinski definition) is 6. The van der Waals surface area contributed by atoms with Crippen molar-refractivity contribution in [3.8, 4) is 0 Å². The minimum absolute atomic E-state index is 0.0428. The third kappa shape index (κ3) is 4.27. The van der Waals surface area contributed by atoms with Gasteiger partial charge in [-0.05, 0) is 24.7 Å². The van der Waals surface area contributed by atoms with Gasteiger partial charge in [-0.1, -0.05) is 32.4 Å². The molecule has 0 amide bonds. The number of esters is 4. The first kappa shape index (κ1) is 17.4. The highest BCUT2D eigenvalue weighted by Gasteiger charge is 2.38. The van der Waals surface area contributed by atoms with Crippen molar-refractivity contribution < 1.29 is 28.7 Å². The maximum Gasteiger partial charge on any atom is 0.321 e. The lowest BCUT2D eigenvalue weighted by atomic mass is 9.82. The second-order valence-corrected chi connectivity index (χ2v) is 6.71. The zero-order valence-electron chi connectivity index (χ0n) is 13.7. The topological polar surface area (TPSA) is 86.7 Å². The monoisotopic (exact) mass is 322 g/mol.